The summed E-state index contributed by atoms with van der Waals surface area (Å²) in [5.41, 5.74) is 1.62. The van der Waals surface area contributed by atoms with Crippen molar-refractivity contribution in [2.24, 2.45) is 0 Å². The predicted molar refractivity (Wildman–Crippen MR) is 96.0 cm³/mol. The molecule has 0 bridgehead atoms. The van der Waals surface area contributed by atoms with Crippen LogP contribution in [0.5, 0.6) is 0 Å². The molecule has 2 aromatic rings. The zero-order valence-corrected chi connectivity index (χ0v) is 14.8. The molecule has 1 atom stereocenters. The average molecular weight is 359 g/mol. The molecule has 2 amide bonds. The Morgan fingerprint density at radius 1 is 1.19 bits per heavy atom. The highest BCUT2D eigenvalue weighted by atomic mass is 19.1. The smallest absolute Gasteiger partial charge is 0.224 e. The summed E-state index contributed by atoms with van der Waals surface area (Å²) in [6.45, 7) is 2.07. The van der Waals surface area contributed by atoms with Crippen molar-refractivity contribution in [3.8, 4) is 0 Å². The van der Waals surface area contributed by atoms with Crippen LogP contribution in [0.1, 0.15) is 30.1 Å². The molecule has 1 heterocycles. The highest BCUT2D eigenvalue weighted by molar-refractivity contribution is 5.93. The van der Waals surface area contributed by atoms with Gasteiger partial charge in [0.15, 0.2) is 0 Å². The number of anilines is 1. The van der Waals surface area contributed by atoms with Gasteiger partial charge in [0.25, 0.3) is 0 Å². The van der Waals surface area contributed by atoms with E-state index in [2.05, 4.69) is 15.6 Å². The summed E-state index contributed by atoms with van der Waals surface area (Å²) in [7, 11) is 1.53. The number of nitrogens with zero attached hydrogens (tertiary/aromatic N) is 1. The Bertz CT molecular complexity index is 753. The summed E-state index contributed by atoms with van der Waals surface area (Å²) >= 11 is 0. The number of ether oxygens (including phenoxy) is 1. The first-order valence-electron chi connectivity index (χ1n) is 8.25. The number of carbonyl (C=O) groups is 2. The molecule has 0 saturated heterocycles. The van der Waals surface area contributed by atoms with E-state index in [0.29, 0.717) is 5.69 Å². The lowest BCUT2D eigenvalue weighted by atomic mass is 10.1. The highest BCUT2D eigenvalue weighted by Crippen LogP contribution is 2.16. The number of hydrogen-bond acceptors (Lipinski definition) is 4. The standard InChI is InChI=1S/C19H22FN3O3/c1-13-6-7-14(20)16(11-13)22-18(24)8-9-19(25)23-17(12-26-2)15-5-3-4-10-21-15/h3-7,10-11,17H,8-9,12H2,1-2H3,(H,22,24)(H,23,25). The molecule has 1 aromatic heterocycles. The van der Waals surface area contributed by atoms with Gasteiger partial charge < -0.3 is 15.4 Å². The third-order valence-electron chi connectivity index (χ3n) is 3.69. The fraction of sp³-hybridized carbons (Fsp3) is 0.316. The van der Waals surface area contributed by atoms with Gasteiger partial charge in [-0.15, -0.1) is 0 Å². The summed E-state index contributed by atoms with van der Waals surface area (Å²) in [5.74, 6) is -1.24. The second kappa shape index (κ2) is 9.62. The molecule has 0 spiro atoms. The maximum Gasteiger partial charge on any atom is 0.224 e. The summed E-state index contributed by atoms with van der Waals surface area (Å²) < 4.78 is 18.8. The number of hydrogen-bond donors (Lipinski definition) is 2. The average Bonchev–Trinajstić information content (AvgIpc) is 2.63. The first-order valence-corrected chi connectivity index (χ1v) is 8.25. The molecule has 1 unspecified atom stereocenters. The van der Waals surface area contributed by atoms with E-state index in [4.69, 9.17) is 4.74 Å². The maximum absolute atomic E-state index is 13.7. The Balaban J connectivity index is 1.86. The van der Waals surface area contributed by atoms with Gasteiger partial charge in [-0.25, -0.2) is 4.39 Å². The number of aromatic nitrogens is 1. The molecule has 0 saturated carbocycles. The number of methoxy groups -OCH3 is 1. The molecule has 6 nitrogen and oxygen atoms in total. The van der Waals surface area contributed by atoms with Crippen LogP contribution in [0.3, 0.4) is 0 Å². The van der Waals surface area contributed by atoms with Crippen LogP contribution in [0.4, 0.5) is 10.1 Å². The Morgan fingerprint density at radius 3 is 2.65 bits per heavy atom. The van der Waals surface area contributed by atoms with E-state index in [-0.39, 0.29) is 31.0 Å². The Morgan fingerprint density at radius 2 is 1.96 bits per heavy atom. The summed E-state index contributed by atoms with van der Waals surface area (Å²) in [4.78, 5) is 28.3. The van der Waals surface area contributed by atoms with Gasteiger partial charge in [-0.3, -0.25) is 14.6 Å². The third-order valence-corrected chi connectivity index (χ3v) is 3.69. The molecule has 26 heavy (non-hydrogen) atoms. The number of nitrogens with one attached hydrogen (secondary N) is 2. The van der Waals surface area contributed by atoms with Crippen LogP contribution in [-0.2, 0) is 14.3 Å². The molecule has 0 radical (unpaired) electrons. The highest BCUT2D eigenvalue weighted by Gasteiger charge is 2.16. The second-order valence-corrected chi connectivity index (χ2v) is 5.86. The van der Waals surface area contributed by atoms with Gasteiger partial charge in [0, 0.05) is 26.1 Å². The number of pyridine rings is 1. The molecule has 0 aliphatic rings. The van der Waals surface area contributed by atoms with E-state index in [0.717, 1.165) is 5.56 Å². The number of halogens is 1. The maximum atomic E-state index is 13.7. The second-order valence-electron chi connectivity index (χ2n) is 5.86. The first kappa shape index (κ1) is 19.5. The summed E-state index contributed by atoms with van der Waals surface area (Å²) in [6, 6.07) is 9.45. The molecular formula is C19H22FN3O3. The lowest BCUT2D eigenvalue weighted by Gasteiger charge is -2.17. The zero-order chi connectivity index (χ0) is 18.9. The van der Waals surface area contributed by atoms with Crippen LogP contribution < -0.4 is 10.6 Å². The van der Waals surface area contributed by atoms with Crippen LogP contribution in [0, 0.1) is 12.7 Å². The van der Waals surface area contributed by atoms with Gasteiger partial charge in [0.2, 0.25) is 11.8 Å². The molecule has 0 aliphatic heterocycles. The number of carbonyl (C=O) groups excluding carboxylic acids is 2. The quantitative estimate of drug-likeness (QED) is 0.759. The minimum atomic E-state index is -0.510. The number of aryl methyl sites for hydroxylation is 1. The molecular weight excluding hydrogens is 337 g/mol. The van der Waals surface area contributed by atoms with E-state index in [1.807, 2.05) is 6.07 Å². The van der Waals surface area contributed by atoms with Crippen LogP contribution in [0.15, 0.2) is 42.6 Å². The first-order chi connectivity index (χ1) is 12.5. The van der Waals surface area contributed by atoms with Crippen molar-refractivity contribution in [1.82, 2.24) is 10.3 Å². The normalized spacial score (nSPS) is 11.7. The fourth-order valence-electron chi connectivity index (χ4n) is 2.39. The molecule has 1 aromatic carbocycles. The van der Waals surface area contributed by atoms with Crippen LogP contribution >= 0.6 is 0 Å². The monoisotopic (exact) mass is 359 g/mol. The van der Waals surface area contributed by atoms with Crippen molar-refractivity contribution < 1.29 is 18.7 Å². The predicted octanol–water partition coefficient (Wildman–Crippen LogP) is 2.75. The number of benzene rings is 1. The molecule has 7 heteroatoms. The van der Waals surface area contributed by atoms with Gasteiger partial charge in [0.1, 0.15) is 5.82 Å². The minimum absolute atomic E-state index is 0.0215. The van der Waals surface area contributed by atoms with Gasteiger partial charge in [-0.2, -0.15) is 0 Å². The van der Waals surface area contributed by atoms with Gasteiger partial charge in [0.05, 0.1) is 24.0 Å². The third kappa shape index (κ3) is 5.93. The van der Waals surface area contributed by atoms with Crippen LogP contribution in [0.25, 0.3) is 0 Å². The van der Waals surface area contributed by atoms with Crippen molar-refractivity contribution in [2.75, 3.05) is 19.0 Å². The van der Waals surface area contributed by atoms with E-state index in [9.17, 15) is 14.0 Å². The lowest BCUT2D eigenvalue weighted by Crippen LogP contribution is -2.32. The van der Waals surface area contributed by atoms with Gasteiger partial charge in [-0.05, 0) is 36.8 Å². The Kier molecular flexibility index (Phi) is 7.23. The van der Waals surface area contributed by atoms with Crippen molar-refractivity contribution in [3.05, 3.63) is 59.7 Å². The van der Waals surface area contributed by atoms with Gasteiger partial charge in [-0.1, -0.05) is 12.1 Å². The Labute approximate surface area is 151 Å². The number of rotatable bonds is 8. The molecule has 2 N–H and O–H groups in total. The molecule has 2 rings (SSSR count). The molecule has 0 aliphatic carbocycles. The van der Waals surface area contributed by atoms with Crippen LogP contribution in [0.2, 0.25) is 0 Å². The molecule has 0 fully saturated rings. The SMILES string of the molecule is COCC(NC(=O)CCC(=O)Nc1cc(C)ccc1F)c1ccccn1. The van der Waals surface area contributed by atoms with Crippen molar-refractivity contribution in [2.45, 2.75) is 25.8 Å². The number of amides is 2. The van der Waals surface area contributed by atoms with E-state index in [1.165, 1.54) is 13.2 Å². The lowest BCUT2D eigenvalue weighted by molar-refractivity contribution is -0.125. The van der Waals surface area contributed by atoms with E-state index in [1.54, 1.807) is 37.4 Å². The van der Waals surface area contributed by atoms with Crippen molar-refractivity contribution >= 4 is 17.5 Å². The van der Waals surface area contributed by atoms with Crippen molar-refractivity contribution in [1.29, 1.82) is 0 Å². The van der Waals surface area contributed by atoms with E-state index >= 15 is 0 Å². The molecule has 138 valence electrons. The van der Waals surface area contributed by atoms with Crippen LogP contribution in [-0.4, -0.2) is 30.5 Å². The summed E-state index contributed by atoms with van der Waals surface area (Å²) in [6.07, 6.45) is 1.56. The minimum Gasteiger partial charge on any atom is -0.382 e. The topological polar surface area (TPSA) is 80.3 Å². The zero-order valence-electron chi connectivity index (χ0n) is 14.8. The Hall–Kier alpha value is -2.80. The van der Waals surface area contributed by atoms with Gasteiger partial charge >= 0.3 is 0 Å². The van der Waals surface area contributed by atoms with E-state index < -0.39 is 17.8 Å². The van der Waals surface area contributed by atoms with Crippen molar-refractivity contribution in [3.63, 3.8) is 0 Å². The largest absolute Gasteiger partial charge is 0.382 e. The summed E-state index contributed by atoms with van der Waals surface area (Å²) in [5, 5.41) is 5.28. The fourth-order valence-corrected chi connectivity index (χ4v) is 2.39.